The second-order valence-corrected chi connectivity index (χ2v) is 11.8. The van der Waals surface area contributed by atoms with E-state index >= 15 is 0 Å². The van der Waals surface area contributed by atoms with Gasteiger partial charge in [-0.1, -0.05) is 139 Å². The number of aryl methyl sites for hydroxylation is 2. The van der Waals surface area contributed by atoms with Crippen LogP contribution >= 0.6 is 0 Å². The lowest BCUT2D eigenvalue weighted by Gasteiger charge is -2.16. The summed E-state index contributed by atoms with van der Waals surface area (Å²) in [6.07, 6.45) is 0. The molecule has 0 N–H and O–H groups in total. The van der Waals surface area contributed by atoms with Gasteiger partial charge in [-0.3, -0.25) is 0 Å². The van der Waals surface area contributed by atoms with Crippen molar-refractivity contribution in [1.29, 1.82) is 10.5 Å². The van der Waals surface area contributed by atoms with Gasteiger partial charge in [0.1, 0.15) is 12.1 Å². The van der Waals surface area contributed by atoms with Crippen molar-refractivity contribution < 1.29 is 0 Å². The zero-order valence-electron chi connectivity index (χ0n) is 26.6. The molecule has 0 atom stereocenters. The third-order valence-electron chi connectivity index (χ3n) is 8.54. The fraction of sp³-hybridized carbons (Fsp3) is 0.0455. The zero-order chi connectivity index (χ0) is 33.0. The van der Waals surface area contributed by atoms with Crippen molar-refractivity contribution in [2.75, 3.05) is 0 Å². The quantitative estimate of drug-likeness (QED) is 0.187. The average Bonchev–Trinajstić information content (AvgIpc) is 3.15. The molecule has 7 rings (SSSR count). The first-order chi connectivity index (χ1) is 23.5. The predicted octanol–water partition coefficient (Wildman–Crippen LogP) is 10.8. The molecule has 0 saturated heterocycles. The van der Waals surface area contributed by atoms with Crippen LogP contribution in [0.15, 0.2) is 146 Å². The summed E-state index contributed by atoms with van der Waals surface area (Å²) in [5, 5.41) is 21.2. The first kappa shape index (κ1) is 30.1. The highest BCUT2D eigenvalue weighted by Crippen LogP contribution is 2.39. The molecule has 0 bridgehead atoms. The van der Waals surface area contributed by atoms with Gasteiger partial charge in [-0.25, -0.2) is 9.97 Å². The molecule has 0 aliphatic carbocycles. The third-order valence-corrected chi connectivity index (χ3v) is 8.54. The van der Waals surface area contributed by atoms with Crippen LogP contribution in [0.2, 0.25) is 0 Å². The fourth-order valence-corrected chi connectivity index (χ4v) is 5.98. The number of hydrogen-bond donors (Lipinski definition) is 0. The van der Waals surface area contributed by atoms with E-state index in [1.807, 2.05) is 91.0 Å². The number of rotatable bonds is 6. The van der Waals surface area contributed by atoms with Crippen LogP contribution in [0.1, 0.15) is 22.3 Å². The molecule has 0 aliphatic heterocycles. The molecule has 0 unspecified atom stereocenters. The molecule has 48 heavy (non-hydrogen) atoms. The molecule has 4 nitrogen and oxygen atoms in total. The van der Waals surface area contributed by atoms with E-state index in [-0.39, 0.29) is 0 Å². The Kier molecular flexibility index (Phi) is 8.15. The number of aromatic nitrogens is 2. The Morgan fingerprint density at radius 1 is 0.396 bits per heavy atom. The van der Waals surface area contributed by atoms with Crippen molar-refractivity contribution in [1.82, 2.24) is 9.97 Å². The normalized spacial score (nSPS) is 10.7. The Morgan fingerprint density at radius 3 is 1.15 bits per heavy atom. The first-order valence-electron chi connectivity index (χ1n) is 15.8. The highest BCUT2D eigenvalue weighted by molar-refractivity contribution is 5.88. The molecule has 0 saturated carbocycles. The van der Waals surface area contributed by atoms with Gasteiger partial charge in [-0.2, -0.15) is 10.5 Å². The van der Waals surface area contributed by atoms with Crippen LogP contribution in [0.3, 0.4) is 0 Å². The van der Waals surface area contributed by atoms with Crippen molar-refractivity contribution in [2.45, 2.75) is 13.8 Å². The van der Waals surface area contributed by atoms with Gasteiger partial charge in [0, 0.05) is 33.4 Å². The Labute approximate surface area is 280 Å². The Hall–Kier alpha value is -6.62. The van der Waals surface area contributed by atoms with Gasteiger partial charge in [0.2, 0.25) is 0 Å². The van der Waals surface area contributed by atoms with E-state index in [0.717, 1.165) is 67.0 Å². The second-order valence-electron chi connectivity index (χ2n) is 11.8. The van der Waals surface area contributed by atoms with Crippen molar-refractivity contribution >= 4 is 0 Å². The molecule has 226 valence electrons. The fourth-order valence-electron chi connectivity index (χ4n) is 5.98. The van der Waals surface area contributed by atoms with Crippen LogP contribution in [0.5, 0.6) is 0 Å². The minimum absolute atomic E-state index is 0.495. The van der Waals surface area contributed by atoms with E-state index in [1.54, 1.807) is 0 Å². The zero-order valence-corrected chi connectivity index (χ0v) is 26.6. The predicted molar refractivity (Wildman–Crippen MR) is 194 cm³/mol. The lowest BCUT2D eigenvalue weighted by molar-refractivity contribution is 1.29. The standard InChI is InChI=1S/C44H30N4/c1-29-16-20-31(21-17-29)41-25-37(39(27-45)43(47-41)33-10-5-3-6-11-33)35-14-9-15-36(24-35)38-26-42(32-22-18-30(2)19-23-32)48-44(40(38)28-46)34-12-7-4-8-13-34/h3-26H,1-2H3. The summed E-state index contributed by atoms with van der Waals surface area (Å²) < 4.78 is 0. The van der Waals surface area contributed by atoms with Crippen LogP contribution in [-0.2, 0) is 0 Å². The van der Waals surface area contributed by atoms with E-state index in [0.29, 0.717) is 22.5 Å². The summed E-state index contributed by atoms with van der Waals surface area (Å²) in [6, 6.07) is 53.2. The summed E-state index contributed by atoms with van der Waals surface area (Å²) >= 11 is 0. The Morgan fingerprint density at radius 2 is 0.771 bits per heavy atom. The maximum atomic E-state index is 10.6. The summed E-state index contributed by atoms with van der Waals surface area (Å²) in [6.45, 7) is 4.12. The van der Waals surface area contributed by atoms with E-state index in [4.69, 9.17) is 9.97 Å². The molecule has 0 fully saturated rings. The molecule has 0 aliphatic rings. The van der Waals surface area contributed by atoms with Crippen molar-refractivity contribution in [3.63, 3.8) is 0 Å². The van der Waals surface area contributed by atoms with Gasteiger partial charge >= 0.3 is 0 Å². The smallest absolute Gasteiger partial charge is 0.102 e. The number of hydrogen-bond acceptors (Lipinski definition) is 4. The summed E-state index contributed by atoms with van der Waals surface area (Å²) in [4.78, 5) is 10.1. The average molecular weight is 615 g/mol. The largest absolute Gasteiger partial charge is 0.246 e. The van der Waals surface area contributed by atoms with E-state index in [1.165, 1.54) is 0 Å². The molecule has 4 heteroatoms. The van der Waals surface area contributed by atoms with Crippen LogP contribution in [0, 0.1) is 36.5 Å². The number of nitriles is 2. The second kappa shape index (κ2) is 13.0. The van der Waals surface area contributed by atoms with Crippen LogP contribution in [-0.4, -0.2) is 9.97 Å². The van der Waals surface area contributed by atoms with Crippen molar-refractivity contribution in [3.8, 4) is 79.4 Å². The molecule has 0 spiro atoms. The minimum atomic E-state index is 0.495. The van der Waals surface area contributed by atoms with Crippen LogP contribution in [0.25, 0.3) is 67.3 Å². The molecule has 7 aromatic rings. The van der Waals surface area contributed by atoms with Gasteiger partial charge in [0.05, 0.1) is 33.9 Å². The molecule has 2 heterocycles. The highest BCUT2D eigenvalue weighted by atomic mass is 14.7. The maximum Gasteiger partial charge on any atom is 0.102 e. The van der Waals surface area contributed by atoms with E-state index in [9.17, 15) is 10.5 Å². The van der Waals surface area contributed by atoms with Gasteiger partial charge in [-0.15, -0.1) is 0 Å². The summed E-state index contributed by atoms with van der Waals surface area (Å²) in [5.41, 5.74) is 13.1. The molecular formula is C44H30N4. The molecular weight excluding hydrogens is 585 g/mol. The Balaban J connectivity index is 1.46. The molecule has 0 amide bonds. The van der Waals surface area contributed by atoms with E-state index < -0.39 is 0 Å². The molecule has 0 radical (unpaired) electrons. The van der Waals surface area contributed by atoms with Gasteiger partial charge < -0.3 is 0 Å². The SMILES string of the molecule is Cc1ccc(-c2cc(-c3cccc(-c4cc(-c5ccc(C)cc5)nc(-c5ccccc5)c4C#N)c3)c(C#N)c(-c3ccccc3)n2)cc1. The maximum absolute atomic E-state index is 10.6. The molecule has 5 aromatic carbocycles. The van der Waals surface area contributed by atoms with Crippen LogP contribution < -0.4 is 0 Å². The first-order valence-corrected chi connectivity index (χ1v) is 15.8. The third kappa shape index (κ3) is 5.87. The van der Waals surface area contributed by atoms with Crippen molar-refractivity contribution in [3.05, 3.63) is 168 Å². The number of pyridine rings is 2. The van der Waals surface area contributed by atoms with Crippen molar-refractivity contribution in [2.24, 2.45) is 0 Å². The highest BCUT2D eigenvalue weighted by Gasteiger charge is 2.20. The monoisotopic (exact) mass is 614 g/mol. The molecule has 2 aromatic heterocycles. The summed E-state index contributed by atoms with van der Waals surface area (Å²) in [7, 11) is 0. The number of nitrogens with zero attached hydrogens (tertiary/aromatic N) is 4. The topological polar surface area (TPSA) is 73.4 Å². The minimum Gasteiger partial charge on any atom is -0.246 e. The van der Waals surface area contributed by atoms with E-state index in [2.05, 4.69) is 80.6 Å². The van der Waals surface area contributed by atoms with Gasteiger partial charge in [0.25, 0.3) is 0 Å². The Bertz CT molecular complexity index is 2180. The van der Waals surface area contributed by atoms with Gasteiger partial charge in [0.15, 0.2) is 0 Å². The lowest BCUT2D eigenvalue weighted by Crippen LogP contribution is -1.98. The number of benzene rings is 5. The summed E-state index contributed by atoms with van der Waals surface area (Å²) in [5.74, 6) is 0. The van der Waals surface area contributed by atoms with Crippen LogP contribution in [0.4, 0.5) is 0 Å². The van der Waals surface area contributed by atoms with Gasteiger partial charge in [-0.05, 0) is 43.2 Å². The lowest BCUT2D eigenvalue weighted by atomic mass is 9.90.